The lowest BCUT2D eigenvalue weighted by atomic mass is 10.1. The molecule has 2 aliphatic heterocycles. The number of para-hydroxylation sites is 1. The zero-order chi connectivity index (χ0) is 18.4. The number of likely N-dealkylation sites (tertiary alicyclic amines) is 1. The molecule has 0 spiro atoms. The zero-order valence-corrected chi connectivity index (χ0v) is 15.9. The van der Waals surface area contributed by atoms with Crippen LogP contribution in [0, 0.1) is 0 Å². The van der Waals surface area contributed by atoms with Gasteiger partial charge in [0.05, 0.1) is 19.3 Å². The van der Waals surface area contributed by atoms with E-state index in [0.29, 0.717) is 6.42 Å². The van der Waals surface area contributed by atoms with Gasteiger partial charge in [-0.1, -0.05) is 18.2 Å². The first-order valence-electron chi connectivity index (χ1n) is 9.67. The lowest BCUT2D eigenvalue weighted by molar-refractivity contribution is -0.128. The number of rotatable bonds is 8. The van der Waals surface area contributed by atoms with Crippen LogP contribution in [0.2, 0.25) is 0 Å². The fourth-order valence-corrected chi connectivity index (χ4v) is 3.48. The second kappa shape index (κ2) is 9.35. The zero-order valence-electron chi connectivity index (χ0n) is 15.9. The number of carbonyl (C=O) groups is 1. The van der Waals surface area contributed by atoms with Crippen LogP contribution >= 0.6 is 0 Å². The van der Waals surface area contributed by atoms with Gasteiger partial charge in [0.1, 0.15) is 5.75 Å². The number of hydrogen-bond acceptors (Lipinski definition) is 5. The van der Waals surface area contributed by atoms with E-state index in [1.165, 1.54) is 0 Å². The predicted octanol–water partition coefficient (Wildman–Crippen LogP) is 1.50. The van der Waals surface area contributed by atoms with Crippen LogP contribution in [0.3, 0.4) is 0 Å². The molecular formula is C20H31N3O3. The molecule has 1 N–H and O–H groups in total. The smallest absolute Gasteiger partial charge is 0.224 e. The first-order valence-corrected chi connectivity index (χ1v) is 9.67. The number of ether oxygens (including phenoxy) is 2. The van der Waals surface area contributed by atoms with Crippen molar-refractivity contribution in [2.45, 2.75) is 39.0 Å². The summed E-state index contributed by atoms with van der Waals surface area (Å²) in [6, 6.07) is 8.31. The van der Waals surface area contributed by atoms with E-state index in [1.54, 1.807) is 0 Å². The molecule has 1 aromatic rings. The number of benzene rings is 1. The summed E-state index contributed by atoms with van der Waals surface area (Å²) in [7, 11) is 0. The van der Waals surface area contributed by atoms with Crippen molar-refractivity contribution >= 4 is 5.91 Å². The number of hydrogen-bond donors (Lipinski definition) is 1. The molecule has 3 rings (SSSR count). The molecule has 2 aliphatic rings. The van der Waals surface area contributed by atoms with Crippen LogP contribution in [0.15, 0.2) is 24.3 Å². The molecule has 2 fully saturated rings. The summed E-state index contributed by atoms with van der Waals surface area (Å²) < 4.78 is 11.3. The molecule has 6 heteroatoms. The van der Waals surface area contributed by atoms with Crippen molar-refractivity contribution in [2.75, 3.05) is 45.9 Å². The molecule has 0 aromatic heterocycles. The van der Waals surface area contributed by atoms with E-state index < -0.39 is 0 Å². The number of nitrogens with one attached hydrogen (secondary N) is 1. The third-order valence-electron chi connectivity index (χ3n) is 4.92. The highest BCUT2D eigenvalue weighted by Crippen LogP contribution is 2.20. The van der Waals surface area contributed by atoms with Gasteiger partial charge in [-0.25, -0.2) is 0 Å². The van der Waals surface area contributed by atoms with Crippen molar-refractivity contribution in [2.24, 2.45) is 0 Å². The quantitative estimate of drug-likeness (QED) is 0.760. The Bertz CT molecular complexity index is 587. The van der Waals surface area contributed by atoms with Crippen LogP contribution in [-0.4, -0.2) is 73.8 Å². The Balaban J connectivity index is 1.45. The molecule has 26 heavy (non-hydrogen) atoms. The molecule has 144 valence electrons. The third kappa shape index (κ3) is 5.43. The van der Waals surface area contributed by atoms with E-state index in [2.05, 4.69) is 16.3 Å². The molecule has 2 heterocycles. The number of carbonyl (C=O) groups excluding carboxylic acids is 1. The topological polar surface area (TPSA) is 54.0 Å². The van der Waals surface area contributed by atoms with Gasteiger partial charge in [-0.2, -0.15) is 0 Å². The highest BCUT2D eigenvalue weighted by atomic mass is 16.5. The van der Waals surface area contributed by atoms with Gasteiger partial charge in [-0.3, -0.25) is 9.69 Å². The second-order valence-corrected chi connectivity index (χ2v) is 7.35. The van der Waals surface area contributed by atoms with E-state index in [-0.39, 0.29) is 18.1 Å². The van der Waals surface area contributed by atoms with Crippen LogP contribution in [0.5, 0.6) is 5.75 Å². The summed E-state index contributed by atoms with van der Waals surface area (Å²) in [4.78, 5) is 16.7. The number of amides is 1. The Morgan fingerprint density at radius 3 is 2.77 bits per heavy atom. The van der Waals surface area contributed by atoms with E-state index in [0.717, 1.165) is 63.8 Å². The highest BCUT2D eigenvalue weighted by molar-refractivity contribution is 5.79. The lowest BCUT2D eigenvalue weighted by Crippen LogP contribution is -2.42. The highest BCUT2D eigenvalue weighted by Gasteiger charge is 2.29. The van der Waals surface area contributed by atoms with Crippen LogP contribution in [0.1, 0.15) is 25.8 Å². The summed E-state index contributed by atoms with van der Waals surface area (Å²) in [5.74, 6) is 1.17. The van der Waals surface area contributed by atoms with Crippen molar-refractivity contribution in [3.63, 3.8) is 0 Å². The van der Waals surface area contributed by atoms with Gasteiger partial charge < -0.3 is 19.7 Å². The summed E-state index contributed by atoms with van der Waals surface area (Å²) >= 11 is 0. The molecular weight excluding hydrogens is 330 g/mol. The fourth-order valence-electron chi connectivity index (χ4n) is 3.48. The van der Waals surface area contributed by atoms with Crippen LogP contribution in [0.25, 0.3) is 0 Å². The Kier molecular flexibility index (Phi) is 6.88. The first-order chi connectivity index (χ1) is 12.6. The summed E-state index contributed by atoms with van der Waals surface area (Å²) in [5.41, 5.74) is 1.14. The minimum Gasteiger partial charge on any atom is -0.491 e. The maximum atomic E-state index is 12.3. The Morgan fingerprint density at radius 1 is 1.23 bits per heavy atom. The molecule has 2 saturated heterocycles. The molecule has 1 amide bonds. The van der Waals surface area contributed by atoms with Crippen molar-refractivity contribution < 1.29 is 14.3 Å². The molecule has 0 aliphatic carbocycles. The average Bonchev–Trinajstić information content (AvgIpc) is 2.99. The van der Waals surface area contributed by atoms with Crippen molar-refractivity contribution in [3.05, 3.63) is 29.8 Å². The third-order valence-corrected chi connectivity index (χ3v) is 4.92. The van der Waals surface area contributed by atoms with Gasteiger partial charge in [0.15, 0.2) is 0 Å². The normalized spacial score (nSPS) is 21.6. The Morgan fingerprint density at radius 2 is 2.00 bits per heavy atom. The first kappa shape index (κ1) is 19.1. The van der Waals surface area contributed by atoms with E-state index >= 15 is 0 Å². The minimum atomic E-state index is 0.153. The fraction of sp³-hybridized carbons (Fsp3) is 0.650. The lowest BCUT2D eigenvalue weighted by Gasteiger charge is -2.28. The van der Waals surface area contributed by atoms with E-state index in [4.69, 9.17) is 9.47 Å². The Labute approximate surface area is 156 Å². The molecule has 1 unspecified atom stereocenters. The van der Waals surface area contributed by atoms with E-state index in [9.17, 15) is 4.79 Å². The van der Waals surface area contributed by atoms with Crippen molar-refractivity contribution in [1.82, 2.24) is 15.1 Å². The average molecular weight is 361 g/mol. The van der Waals surface area contributed by atoms with Crippen LogP contribution in [0.4, 0.5) is 0 Å². The Hall–Kier alpha value is -1.63. The molecule has 6 nitrogen and oxygen atoms in total. The van der Waals surface area contributed by atoms with Gasteiger partial charge in [-0.15, -0.1) is 0 Å². The maximum Gasteiger partial charge on any atom is 0.224 e. The van der Waals surface area contributed by atoms with Gasteiger partial charge >= 0.3 is 0 Å². The minimum absolute atomic E-state index is 0.153. The van der Waals surface area contributed by atoms with Crippen LogP contribution in [-0.2, 0) is 16.1 Å². The van der Waals surface area contributed by atoms with Gasteiger partial charge in [0.2, 0.25) is 5.91 Å². The van der Waals surface area contributed by atoms with Crippen molar-refractivity contribution in [1.29, 1.82) is 0 Å². The summed E-state index contributed by atoms with van der Waals surface area (Å²) in [5, 5.41) is 3.53. The predicted molar refractivity (Wildman–Crippen MR) is 101 cm³/mol. The molecule has 0 saturated carbocycles. The molecule has 1 atom stereocenters. The summed E-state index contributed by atoms with van der Waals surface area (Å²) in [6.07, 6.45) is 0.732. The van der Waals surface area contributed by atoms with Crippen molar-refractivity contribution in [3.8, 4) is 5.75 Å². The molecule has 0 bridgehead atoms. The second-order valence-electron chi connectivity index (χ2n) is 7.35. The van der Waals surface area contributed by atoms with Crippen LogP contribution < -0.4 is 10.1 Å². The molecule has 0 radical (unpaired) electrons. The monoisotopic (exact) mass is 361 g/mol. The largest absolute Gasteiger partial charge is 0.491 e. The number of morpholine rings is 1. The SMILES string of the molecule is CC(C)Oc1ccccc1CNC1CC(=O)N(CCN2CCOCC2)C1. The van der Waals surface area contributed by atoms with Gasteiger partial charge in [0.25, 0.3) is 0 Å². The van der Waals surface area contributed by atoms with E-state index in [1.807, 2.05) is 36.9 Å². The number of nitrogens with zero attached hydrogens (tertiary/aromatic N) is 2. The van der Waals surface area contributed by atoms with Gasteiger partial charge in [0, 0.05) is 57.3 Å². The van der Waals surface area contributed by atoms with Gasteiger partial charge in [-0.05, 0) is 19.9 Å². The molecule has 1 aromatic carbocycles. The standard InChI is InChI=1S/C20H31N3O3/c1-16(2)26-19-6-4-3-5-17(19)14-21-18-13-20(24)23(15-18)8-7-22-9-11-25-12-10-22/h3-6,16,18,21H,7-15H2,1-2H3. The maximum absolute atomic E-state index is 12.3. The summed E-state index contributed by atoms with van der Waals surface area (Å²) in [6.45, 7) is 10.9.